The van der Waals surface area contributed by atoms with Gasteiger partial charge in [-0.05, 0) is 135 Å². The fourth-order valence-corrected chi connectivity index (χ4v) is 7.14. The van der Waals surface area contributed by atoms with E-state index in [1.165, 1.54) is 11.1 Å². The highest BCUT2D eigenvalue weighted by Crippen LogP contribution is 2.40. The molecule has 0 saturated heterocycles. The van der Waals surface area contributed by atoms with E-state index in [1.807, 2.05) is 19.1 Å². The van der Waals surface area contributed by atoms with Gasteiger partial charge in [-0.1, -0.05) is 45.0 Å². The van der Waals surface area contributed by atoms with Gasteiger partial charge in [-0.25, -0.2) is 0 Å². The van der Waals surface area contributed by atoms with Crippen molar-refractivity contribution in [2.45, 2.75) is 122 Å². The van der Waals surface area contributed by atoms with Crippen LogP contribution in [0.3, 0.4) is 0 Å². The van der Waals surface area contributed by atoms with Gasteiger partial charge in [0.1, 0.15) is 11.5 Å². The summed E-state index contributed by atoms with van der Waals surface area (Å²) in [6.45, 7) is 13.6. The second-order valence-electron chi connectivity index (χ2n) is 14.1. The molecule has 0 bridgehead atoms. The second kappa shape index (κ2) is 15.8. The van der Waals surface area contributed by atoms with Crippen molar-refractivity contribution in [1.82, 2.24) is 0 Å². The number of carbonyl (C=O) groups excluding carboxylic acids is 1. The van der Waals surface area contributed by atoms with Crippen LogP contribution >= 0.6 is 0 Å². The quantitative estimate of drug-likeness (QED) is 0.217. The summed E-state index contributed by atoms with van der Waals surface area (Å²) in [5.41, 5.74) is 2.67. The molecular formula is C36H54O6Si. The van der Waals surface area contributed by atoms with Crippen LogP contribution in [0.2, 0.25) is 18.1 Å². The molecule has 0 spiro atoms. The lowest BCUT2D eigenvalue weighted by Crippen LogP contribution is -2.43. The van der Waals surface area contributed by atoms with Gasteiger partial charge in [0.2, 0.25) is 8.32 Å². The fraction of sp³-hybridized carbons (Fsp3) is 0.611. The van der Waals surface area contributed by atoms with Crippen LogP contribution in [-0.2, 0) is 14.3 Å². The van der Waals surface area contributed by atoms with Crippen molar-refractivity contribution in [3.05, 3.63) is 59.7 Å². The molecule has 2 fully saturated rings. The summed E-state index contributed by atoms with van der Waals surface area (Å²) in [6, 6.07) is 16.1. The van der Waals surface area contributed by atoms with E-state index >= 15 is 0 Å². The van der Waals surface area contributed by atoms with E-state index in [4.69, 9.17) is 14.3 Å². The van der Waals surface area contributed by atoms with E-state index in [2.05, 4.69) is 58.1 Å². The molecule has 0 amide bonds. The number of carbonyl (C=O) groups is 2. The topological polar surface area (TPSA) is 93.1 Å². The summed E-state index contributed by atoms with van der Waals surface area (Å²) in [4.78, 5) is 22.3. The van der Waals surface area contributed by atoms with Crippen molar-refractivity contribution < 1.29 is 29.0 Å². The first-order chi connectivity index (χ1) is 20.3. The zero-order valence-electron chi connectivity index (χ0n) is 27.2. The monoisotopic (exact) mass is 610 g/mol. The number of phenols is 1. The normalized spacial score (nSPS) is 22.6. The van der Waals surface area contributed by atoms with Crippen LogP contribution < -0.4 is 4.43 Å². The van der Waals surface area contributed by atoms with Gasteiger partial charge in [-0.15, -0.1) is 0 Å². The van der Waals surface area contributed by atoms with Crippen molar-refractivity contribution in [2.24, 2.45) is 11.8 Å². The molecule has 6 nitrogen and oxygen atoms in total. The molecule has 0 unspecified atom stereocenters. The number of ether oxygens (including phenoxy) is 1. The van der Waals surface area contributed by atoms with Gasteiger partial charge in [0.25, 0.3) is 0 Å². The van der Waals surface area contributed by atoms with E-state index in [1.54, 1.807) is 12.1 Å². The molecule has 43 heavy (non-hydrogen) atoms. The van der Waals surface area contributed by atoms with Gasteiger partial charge in [-0.3, -0.25) is 9.59 Å². The molecule has 2 aromatic carbocycles. The van der Waals surface area contributed by atoms with Crippen LogP contribution in [-0.4, -0.2) is 37.1 Å². The van der Waals surface area contributed by atoms with Crippen LogP contribution in [0.5, 0.6) is 11.5 Å². The van der Waals surface area contributed by atoms with Crippen LogP contribution in [0.25, 0.3) is 0 Å². The first kappa shape index (κ1) is 34.7. The van der Waals surface area contributed by atoms with Crippen molar-refractivity contribution in [3.8, 4) is 11.5 Å². The zero-order valence-corrected chi connectivity index (χ0v) is 28.2. The highest BCUT2D eigenvalue weighted by Gasteiger charge is 2.39. The van der Waals surface area contributed by atoms with E-state index in [9.17, 15) is 14.7 Å². The third kappa shape index (κ3) is 11.0. The van der Waals surface area contributed by atoms with Crippen LogP contribution in [0.15, 0.2) is 48.5 Å². The summed E-state index contributed by atoms with van der Waals surface area (Å²) in [7, 11) is -1.78. The Morgan fingerprint density at radius 3 is 1.63 bits per heavy atom. The lowest BCUT2D eigenvalue weighted by molar-refractivity contribution is -0.144. The van der Waals surface area contributed by atoms with Gasteiger partial charge in [0.05, 0.1) is 6.61 Å². The zero-order chi connectivity index (χ0) is 31.6. The molecule has 0 aliphatic heterocycles. The lowest BCUT2D eigenvalue weighted by atomic mass is 9.77. The Hall–Kier alpha value is -2.80. The molecule has 0 heterocycles. The lowest BCUT2D eigenvalue weighted by Gasteiger charge is -2.36. The minimum atomic E-state index is -1.78. The van der Waals surface area contributed by atoms with Crippen molar-refractivity contribution >= 4 is 20.3 Å². The number of aliphatic carboxylic acids is 1. The van der Waals surface area contributed by atoms with Crippen LogP contribution in [0.4, 0.5) is 0 Å². The molecule has 2 saturated carbocycles. The first-order valence-corrected chi connectivity index (χ1v) is 19.1. The summed E-state index contributed by atoms with van der Waals surface area (Å²) >= 11 is 0. The first-order valence-electron chi connectivity index (χ1n) is 16.2. The number of rotatable bonds is 9. The van der Waals surface area contributed by atoms with Gasteiger partial charge >= 0.3 is 11.9 Å². The molecule has 2 aromatic rings. The Bertz CT molecular complexity index is 1140. The summed E-state index contributed by atoms with van der Waals surface area (Å²) in [5.74, 6) is 2.55. The predicted molar refractivity (Wildman–Crippen MR) is 175 cm³/mol. The predicted octanol–water partition coefficient (Wildman–Crippen LogP) is 9.44. The van der Waals surface area contributed by atoms with Crippen LogP contribution in [0.1, 0.15) is 115 Å². The average Bonchev–Trinajstić information content (AvgIpc) is 2.94. The molecule has 0 radical (unpaired) electrons. The van der Waals surface area contributed by atoms with E-state index in [0.29, 0.717) is 48.9 Å². The number of aromatic hydroxyl groups is 1. The molecule has 2 aliphatic carbocycles. The number of phenolic OH excluding ortho intramolecular Hbond substituents is 1. The number of esters is 1. The number of hydrogen-bond donors (Lipinski definition) is 2. The molecular weight excluding hydrogens is 556 g/mol. The van der Waals surface area contributed by atoms with Crippen LogP contribution in [0, 0.1) is 11.8 Å². The maximum Gasteiger partial charge on any atom is 0.306 e. The number of carboxylic acids is 1. The Morgan fingerprint density at radius 1 is 0.767 bits per heavy atom. The molecule has 2 N–H and O–H groups in total. The SMILES string of the molecule is CC(C)(C)[Si](C)(C)Oc1ccc(C2CCC(CC(=O)O)CC2)cc1.CCOC(=O)CC1CCC(c2ccc(O)cc2)CC1. The maximum atomic E-state index is 11.5. The third-order valence-corrected chi connectivity index (χ3v) is 14.2. The number of carboxylic acid groups (broad SMARTS) is 1. The molecule has 238 valence electrons. The second-order valence-corrected chi connectivity index (χ2v) is 18.8. The van der Waals surface area contributed by atoms with Gasteiger partial charge in [0, 0.05) is 12.8 Å². The Morgan fingerprint density at radius 2 is 1.21 bits per heavy atom. The number of hydrogen-bond acceptors (Lipinski definition) is 5. The Labute approximate surface area is 260 Å². The van der Waals surface area contributed by atoms with Crippen molar-refractivity contribution in [3.63, 3.8) is 0 Å². The number of benzene rings is 2. The minimum Gasteiger partial charge on any atom is -0.544 e. The minimum absolute atomic E-state index is 0.0596. The Balaban J connectivity index is 0.000000242. The molecule has 4 rings (SSSR count). The van der Waals surface area contributed by atoms with E-state index in [0.717, 1.165) is 57.1 Å². The average molecular weight is 611 g/mol. The van der Waals surface area contributed by atoms with Crippen molar-refractivity contribution in [1.29, 1.82) is 0 Å². The maximum absolute atomic E-state index is 11.5. The fourth-order valence-electron chi connectivity index (χ4n) is 6.10. The summed E-state index contributed by atoms with van der Waals surface area (Å²) in [5, 5.41) is 18.4. The molecule has 0 aromatic heterocycles. The van der Waals surface area contributed by atoms with Gasteiger partial charge in [0.15, 0.2) is 0 Å². The third-order valence-electron chi connectivity index (χ3n) is 9.81. The molecule has 7 heteroatoms. The Kier molecular flexibility index (Phi) is 12.7. The smallest absolute Gasteiger partial charge is 0.306 e. The van der Waals surface area contributed by atoms with Gasteiger partial charge in [-0.2, -0.15) is 0 Å². The summed E-state index contributed by atoms with van der Waals surface area (Å²) < 4.78 is 11.3. The highest BCUT2D eigenvalue weighted by atomic mass is 28.4. The molecule has 2 aliphatic rings. The largest absolute Gasteiger partial charge is 0.544 e. The van der Waals surface area contributed by atoms with Crippen molar-refractivity contribution in [2.75, 3.05) is 6.61 Å². The van der Waals surface area contributed by atoms with Gasteiger partial charge < -0.3 is 19.4 Å². The summed E-state index contributed by atoms with van der Waals surface area (Å²) in [6.07, 6.45) is 9.56. The highest BCUT2D eigenvalue weighted by molar-refractivity contribution is 6.74. The molecule has 0 atom stereocenters. The standard InChI is InChI=1S/C20H32O3Si.C16H22O3/c1-20(2,3)24(4,5)23-18-12-10-17(11-13-18)16-8-6-15(7-9-16)14-19(21)22;1-2-19-16(18)11-12-3-5-13(6-4-12)14-7-9-15(17)10-8-14/h10-13,15-16H,6-9,14H2,1-5H3,(H,21,22);7-10,12-13,17H,2-6,11H2,1H3. The van der Waals surface area contributed by atoms with E-state index < -0.39 is 14.3 Å². The van der Waals surface area contributed by atoms with E-state index in [-0.39, 0.29) is 11.0 Å².